The number of rotatable bonds is 5. The van der Waals surface area contributed by atoms with E-state index in [1.807, 2.05) is 7.11 Å². The van der Waals surface area contributed by atoms with Crippen molar-refractivity contribution < 1.29 is 4.74 Å². The first-order chi connectivity index (χ1) is 9.22. The Kier molecular flexibility index (Phi) is 6.11. The highest BCUT2D eigenvalue weighted by atomic mass is 16.5. The molecule has 1 saturated heterocycles. The van der Waals surface area contributed by atoms with Gasteiger partial charge in [0.1, 0.15) is 0 Å². The third kappa shape index (κ3) is 5.05. The van der Waals surface area contributed by atoms with Gasteiger partial charge in [0.15, 0.2) is 0 Å². The molecule has 19 heavy (non-hydrogen) atoms. The summed E-state index contributed by atoms with van der Waals surface area (Å²) in [6.45, 7) is 6.90. The molecule has 0 amide bonds. The second-order valence-electron chi connectivity index (χ2n) is 6.68. The Morgan fingerprint density at radius 1 is 1.16 bits per heavy atom. The van der Waals surface area contributed by atoms with Gasteiger partial charge in [-0.05, 0) is 39.2 Å². The molecule has 0 radical (unpaired) electrons. The average Bonchev–Trinajstić information content (AvgIpc) is 2.68. The molecule has 1 unspecified atom stereocenters. The summed E-state index contributed by atoms with van der Waals surface area (Å²) in [5.41, 5.74) is 0.0839. The SMILES string of the molecule is COC1(C)CCCN(CCNC2CCCCCC2)C1. The molecule has 2 rings (SSSR count). The van der Waals surface area contributed by atoms with E-state index in [0.29, 0.717) is 0 Å². The summed E-state index contributed by atoms with van der Waals surface area (Å²) in [4.78, 5) is 2.57. The van der Waals surface area contributed by atoms with E-state index in [-0.39, 0.29) is 5.60 Å². The lowest BCUT2D eigenvalue weighted by Gasteiger charge is -2.39. The van der Waals surface area contributed by atoms with Crippen LogP contribution >= 0.6 is 0 Å². The van der Waals surface area contributed by atoms with Gasteiger partial charge in [-0.3, -0.25) is 4.90 Å². The number of methoxy groups -OCH3 is 1. The van der Waals surface area contributed by atoms with Crippen LogP contribution in [0.4, 0.5) is 0 Å². The van der Waals surface area contributed by atoms with Crippen molar-refractivity contribution in [2.75, 3.05) is 33.3 Å². The summed E-state index contributed by atoms with van der Waals surface area (Å²) < 4.78 is 5.66. The molecule has 0 spiro atoms. The minimum Gasteiger partial charge on any atom is -0.377 e. The summed E-state index contributed by atoms with van der Waals surface area (Å²) in [5.74, 6) is 0. The van der Waals surface area contributed by atoms with E-state index in [9.17, 15) is 0 Å². The van der Waals surface area contributed by atoms with E-state index in [0.717, 1.165) is 19.1 Å². The van der Waals surface area contributed by atoms with E-state index in [2.05, 4.69) is 17.1 Å². The normalized spacial score (nSPS) is 31.3. The number of hydrogen-bond acceptors (Lipinski definition) is 3. The van der Waals surface area contributed by atoms with Gasteiger partial charge in [0.05, 0.1) is 5.60 Å². The number of nitrogens with zero attached hydrogens (tertiary/aromatic N) is 1. The van der Waals surface area contributed by atoms with Crippen LogP contribution in [0.5, 0.6) is 0 Å². The zero-order valence-corrected chi connectivity index (χ0v) is 12.9. The zero-order chi connectivity index (χ0) is 13.6. The van der Waals surface area contributed by atoms with Crippen LogP contribution in [0.2, 0.25) is 0 Å². The first-order valence-electron chi connectivity index (χ1n) is 8.23. The van der Waals surface area contributed by atoms with Gasteiger partial charge in [-0.25, -0.2) is 0 Å². The second-order valence-corrected chi connectivity index (χ2v) is 6.68. The molecule has 0 aromatic carbocycles. The highest BCUT2D eigenvalue weighted by molar-refractivity contribution is 4.85. The van der Waals surface area contributed by atoms with Crippen LogP contribution in [0.25, 0.3) is 0 Å². The Bertz CT molecular complexity index is 251. The fraction of sp³-hybridized carbons (Fsp3) is 1.00. The van der Waals surface area contributed by atoms with Gasteiger partial charge >= 0.3 is 0 Å². The van der Waals surface area contributed by atoms with Crippen LogP contribution in [0.3, 0.4) is 0 Å². The summed E-state index contributed by atoms with van der Waals surface area (Å²) in [7, 11) is 1.85. The van der Waals surface area contributed by atoms with Gasteiger partial charge < -0.3 is 10.1 Å². The molecule has 3 heteroatoms. The van der Waals surface area contributed by atoms with E-state index in [4.69, 9.17) is 4.74 Å². The minimum atomic E-state index is 0.0839. The highest BCUT2D eigenvalue weighted by Crippen LogP contribution is 2.23. The van der Waals surface area contributed by atoms with E-state index in [1.54, 1.807) is 0 Å². The van der Waals surface area contributed by atoms with Crippen LogP contribution in [-0.2, 0) is 4.74 Å². The zero-order valence-electron chi connectivity index (χ0n) is 12.9. The maximum Gasteiger partial charge on any atom is 0.0777 e. The van der Waals surface area contributed by atoms with Crippen molar-refractivity contribution in [2.45, 2.75) is 69.9 Å². The van der Waals surface area contributed by atoms with Crippen LogP contribution in [0.1, 0.15) is 58.3 Å². The lowest BCUT2D eigenvalue weighted by molar-refractivity contribution is -0.0503. The molecule has 112 valence electrons. The largest absolute Gasteiger partial charge is 0.377 e. The van der Waals surface area contributed by atoms with Crippen molar-refractivity contribution in [3.63, 3.8) is 0 Å². The van der Waals surface area contributed by atoms with Gasteiger partial charge in [-0.2, -0.15) is 0 Å². The van der Waals surface area contributed by atoms with Crippen molar-refractivity contribution >= 4 is 0 Å². The molecule has 0 aromatic heterocycles. The molecule has 2 fully saturated rings. The smallest absolute Gasteiger partial charge is 0.0777 e. The summed E-state index contributed by atoms with van der Waals surface area (Å²) in [5, 5.41) is 3.77. The quantitative estimate of drug-likeness (QED) is 0.776. The maximum absolute atomic E-state index is 5.66. The van der Waals surface area contributed by atoms with Crippen molar-refractivity contribution in [3.05, 3.63) is 0 Å². The Morgan fingerprint density at radius 3 is 2.58 bits per heavy atom. The van der Waals surface area contributed by atoms with Crippen LogP contribution in [0, 0.1) is 0 Å². The number of nitrogens with one attached hydrogen (secondary N) is 1. The fourth-order valence-electron chi connectivity index (χ4n) is 3.58. The molecule has 1 heterocycles. The van der Waals surface area contributed by atoms with Gasteiger partial charge in [-0.1, -0.05) is 25.7 Å². The predicted molar refractivity (Wildman–Crippen MR) is 80.6 cm³/mol. The molecule has 1 N–H and O–H groups in total. The molecular formula is C16H32N2O. The number of likely N-dealkylation sites (tertiary alicyclic amines) is 1. The third-order valence-corrected chi connectivity index (χ3v) is 4.95. The number of hydrogen-bond donors (Lipinski definition) is 1. The molecule has 0 aromatic rings. The minimum absolute atomic E-state index is 0.0839. The molecule has 1 aliphatic heterocycles. The van der Waals surface area contributed by atoms with Crippen LogP contribution in [-0.4, -0.2) is 49.8 Å². The highest BCUT2D eigenvalue weighted by Gasteiger charge is 2.30. The summed E-state index contributed by atoms with van der Waals surface area (Å²) in [6.07, 6.45) is 11.0. The van der Waals surface area contributed by atoms with Crippen LogP contribution in [0.15, 0.2) is 0 Å². The molecule has 0 bridgehead atoms. The van der Waals surface area contributed by atoms with E-state index in [1.165, 1.54) is 64.5 Å². The molecule has 1 aliphatic carbocycles. The lowest BCUT2D eigenvalue weighted by atomic mass is 9.95. The Labute approximate surface area is 119 Å². The Morgan fingerprint density at radius 2 is 1.89 bits per heavy atom. The second kappa shape index (κ2) is 7.61. The molecular weight excluding hydrogens is 236 g/mol. The van der Waals surface area contributed by atoms with Gasteiger partial charge in [0.2, 0.25) is 0 Å². The summed E-state index contributed by atoms with van der Waals surface area (Å²) in [6, 6.07) is 0.779. The van der Waals surface area contributed by atoms with Crippen molar-refractivity contribution in [2.24, 2.45) is 0 Å². The van der Waals surface area contributed by atoms with E-state index >= 15 is 0 Å². The van der Waals surface area contributed by atoms with Gasteiger partial charge in [0.25, 0.3) is 0 Å². The maximum atomic E-state index is 5.66. The average molecular weight is 268 g/mol. The van der Waals surface area contributed by atoms with Crippen molar-refractivity contribution in [3.8, 4) is 0 Å². The van der Waals surface area contributed by atoms with E-state index < -0.39 is 0 Å². The Hall–Kier alpha value is -0.120. The standard InChI is InChI=1S/C16H32N2O/c1-16(19-2)10-7-12-18(14-16)13-11-17-15-8-5-3-4-6-9-15/h15,17H,3-14H2,1-2H3. The van der Waals surface area contributed by atoms with Gasteiger partial charge in [-0.15, -0.1) is 0 Å². The number of piperidine rings is 1. The molecule has 1 atom stereocenters. The molecule has 1 saturated carbocycles. The fourth-order valence-corrected chi connectivity index (χ4v) is 3.58. The molecule has 2 aliphatic rings. The van der Waals surface area contributed by atoms with Crippen LogP contribution < -0.4 is 5.32 Å². The predicted octanol–water partition coefficient (Wildman–Crippen LogP) is 2.80. The first-order valence-corrected chi connectivity index (χ1v) is 8.23. The third-order valence-electron chi connectivity index (χ3n) is 4.95. The van der Waals surface area contributed by atoms with Crippen molar-refractivity contribution in [1.29, 1.82) is 0 Å². The summed E-state index contributed by atoms with van der Waals surface area (Å²) >= 11 is 0. The monoisotopic (exact) mass is 268 g/mol. The van der Waals surface area contributed by atoms with Gasteiger partial charge in [0, 0.05) is 32.8 Å². The number of ether oxygens (including phenoxy) is 1. The first kappa shape index (κ1) is 15.3. The topological polar surface area (TPSA) is 24.5 Å². The Balaban J connectivity index is 1.64. The lowest BCUT2D eigenvalue weighted by Crippen LogP contribution is -2.49. The molecule has 3 nitrogen and oxygen atoms in total. The van der Waals surface area contributed by atoms with Crippen molar-refractivity contribution in [1.82, 2.24) is 10.2 Å².